The molecule has 2 aliphatic carbocycles. The van der Waals surface area contributed by atoms with Crippen LogP contribution in [0.3, 0.4) is 0 Å². The number of methoxy groups -OCH3 is 2. The normalized spacial score (nSPS) is 28.3. The van der Waals surface area contributed by atoms with Crippen LogP contribution in [-0.2, 0) is 9.59 Å². The van der Waals surface area contributed by atoms with E-state index in [4.69, 9.17) is 14.2 Å². The lowest BCUT2D eigenvalue weighted by atomic mass is 9.85. The third kappa shape index (κ3) is 3.18. The lowest BCUT2D eigenvalue weighted by Crippen LogP contribution is -2.28. The fourth-order valence-corrected chi connectivity index (χ4v) is 4.50. The number of nitrogens with zero attached hydrogens (tertiary/aromatic N) is 2. The molecule has 3 aliphatic rings. The van der Waals surface area contributed by atoms with Gasteiger partial charge in [-0.1, -0.05) is 19.1 Å². The Balaban J connectivity index is 1.59. The summed E-state index contributed by atoms with van der Waals surface area (Å²) < 4.78 is 16.9. The van der Waals surface area contributed by atoms with Crippen molar-refractivity contribution in [1.29, 1.82) is 0 Å². The Kier molecular flexibility index (Phi) is 5.06. The predicted molar refractivity (Wildman–Crippen MR) is 107 cm³/mol. The average molecular weight is 398 g/mol. The van der Waals surface area contributed by atoms with Crippen LogP contribution in [0.15, 0.2) is 29.4 Å². The first-order valence-electron chi connectivity index (χ1n) is 10.0. The highest BCUT2D eigenvalue weighted by molar-refractivity contribution is 6.06. The summed E-state index contributed by atoms with van der Waals surface area (Å²) in [5, 5.41) is 5.25. The van der Waals surface area contributed by atoms with Gasteiger partial charge < -0.3 is 14.2 Å². The van der Waals surface area contributed by atoms with Gasteiger partial charge in [-0.3, -0.25) is 9.59 Å². The highest BCUT2D eigenvalue weighted by atomic mass is 16.5. The minimum absolute atomic E-state index is 0.000509. The van der Waals surface area contributed by atoms with Crippen LogP contribution in [0.4, 0.5) is 0 Å². The van der Waals surface area contributed by atoms with Gasteiger partial charge in [0.25, 0.3) is 11.8 Å². The zero-order chi connectivity index (χ0) is 20.7. The van der Waals surface area contributed by atoms with E-state index in [1.807, 2.05) is 13.8 Å². The standard InChI is InChI=1S/C22H26N2O5/c1-5-12(2)29-20-16(27-3)8-13(9-17(20)28-4)11-23-24-21(25)18-14-6-7-15(10-14)19(18)22(24)26/h6-9,11-12,14-15,18-19H,5,10H2,1-4H3/t12-,14-,15-,18-,19+/m0/s1. The summed E-state index contributed by atoms with van der Waals surface area (Å²) in [4.78, 5) is 25.5. The minimum Gasteiger partial charge on any atom is -0.493 e. The summed E-state index contributed by atoms with van der Waals surface area (Å²) >= 11 is 0. The van der Waals surface area contributed by atoms with Gasteiger partial charge in [-0.25, -0.2) is 0 Å². The Labute approximate surface area is 170 Å². The van der Waals surface area contributed by atoms with E-state index in [2.05, 4.69) is 17.3 Å². The molecule has 2 amide bonds. The van der Waals surface area contributed by atoms with E-state index in [1.165, 1.54) is 6.21 Å². The van der Waals surface area contributed by atoms with Gasteiger partial charge in [0, 0.05) is 5.56 Å². The number of carbonyl (C=O) groups excluding carboxylic acids is 2. The van der Waals surface area contributed by atoms with Crippen LogP contribution in [0.25, 0.3) is 0 Å². The van der Waals surface area contributed by atoms with Gasteiger partial charge in [-0.05, 0) is 43.7 Å². The van der Waals surface area contributed by atoms with Crippen LogP contribution in [0.1, 0.15) is 32.3 Å². The molecule has 1 saturated heterocycles. The third-order valence-corrected chi connectivity index (χ3v) is 6.15. The Morgan fingerprint density at radius 3 is 2.14 bits per heavy atom. The zero-order valence-electron chi connectivity index (χ0n) is 17.1. The van der Waals surface area contributed by atoms with Crippen molar-refractivity contribution < 1.29 is 23.8 Å². The Bertz CT molecular complexity index is 838. The van der Waals surface area contributed by atoms with E-state index in [0.29, 0.717) is 22.8 Å². The fraction of sp³-hybridized carbons (Fsp3) is 0.500. The zero-order valence-corrected chi connectivity index (χ0v) is 17.1. The first-order valence-corrected chi connectivity index (χ1v) is 10.0. The summed E-state index contributed by atoms with van der Waals surface area (Å²) in [5.74, 6) is 0.931. The molecule has 1 aliphatic heterocycles. The summed E-state index contributed by atoms with van der Waals surface area (Å²) in [6, 6.07) is 3.50. The predicted octanol–water partition coefficient (Wildman–Crippen LogP) is 3.02. The van der Waals surface area contributed by atoms with Crippen molar-refractivity contribution in [3.8, 4) is 17.2 Å². The van der Waals surface area contributed by atoms with Gasteiger partial charge in [0.05, 0.1) is 38.4 Å². The molecule has 0 aromatic heterocycles. The molecule has 5 atom stereocenters. The molecule has 1 saturated carbocycles. The molecule has 7 nitrogen and oxygen atoms in total. The highest BCUT2D eigenvalue weighted by Gasteiger charge is 2.59. The lowest BCUT2D eigenvalue weighted by molar-refractivity contribution is -0.140. The van der Waals surface area contributed by atoms with Gasteiger partial charge in [0.15, 0.2) is 11.5 Å². The van der Waals surface area contributed by atoms with Crippen LogP contribution in [0.5, 0.6) is 17.2 Å². The maximum atomic E-state index is 12.8. The number of imide groups is 1. The summed E-state index contributed by atoms with van der Waals surface area (Å²) in [6.45, 7) is 4.00. The number of amides is 2. The van der Waals surface area contributed by atoms with Gasteiger partial charge >= 0.3 is 0 Å². The molecule has 1 aromatic carbocycles. The maximum Gasteiger partial charge on any atom is 0.254 e. The van der Waals surface area contributed by atoms with Crippen molar-refractivity contribution >= 4 is 18.0 Å². The molecule has 0 radical (unpaired) electrons. The van der Waals surface area contributed by atoms with Gasteiger partial charge in [-0.15, -0.1) is 0 Å². The fourth-order valence-electron chi connectivity index (χ4n) is 4.50. The number of carbonyl (C=O) groups is 2. The van der Waals surface area contributed by atoms with Crippen LogP contribution in [0, 0.1) is 23.7 Å². The van der Waals surface area contributed by atoms with Crippen molar-refractivity contribution in [3.63, 3.8) is 0 Å². The molecule has 7 heteroatoms. The molecule has 0 spiro atoms. The van der Waals surface area contributed by atoms with E-state index in [0.717, 1.165) is 17.9 Å². The second-order valence-electron chi connectivity index (χ2n) is 7.82. The summed E-state index contributed by atoms with van der Waals surface area (Å²) in [6.07, 6.45) is 7.36. The molecular formula is C22H26N2O5. The molecule has 0 N–H and O–H groups in total. The molecule has 1 heterocycles. The van der Waals surface area contributed by atoms with Gasteiger partial charge in [-0.2, -0.15) is 10.1 Å². The number of allylic oxidation sites excluding steroid dienone is 2. The number of hydrazone groups is 1. The SMILES string of the molecule is CC[C@H](C)Oc1c(OC)cc(C=NN2C(=O)[C@@H]3[C@H](C2=O)[C@H]2C=C[C@H]3C2)cc1OC. The minimum atomic E-state index is -0.259. The molecule has 1 aromatic rings. The lowest BCUT2D eigenvalue weighted by Gasteiger charge is -2.19. The summed E-state index contributed by atoms with van der Waals surface area (Å²) in [5.41, 5.74) is 0.647. The maximum absolute atomic E-state index is 12.8. The monoisotopic (exact) mass is 398 g/mol. The molecule has 0 unspecified atom stereocenters. The Morgan fingerprint density at radius 1 is 1.10 bits per heavy atom. The van der Waals surface area contributed by atoms with E-state index in [9.17, 15) is 9.59 Å². The van der Waals surface area contributed by atoms with Crippen molar-refractivity contribution in [2.45, 2.75) is 32.8 Å². The number of fused-ring (bicyclic) bond motifs is 5. The third-order valence-electron chi connectivity index (χ3n) is 6.15. The van der Waals surface area contributed by atoms with E-state index < -0.39 is 0 Å². The van der Waals surface area contributed by atoms with Gasteiger partial charge in [0.2, 0.25) is 5.75 Å². The molecule has 2 bridgehead atoms. The van der Waals surface area contributed by atoms with E-state index in [1.54, 1.807) is 26.4 Å². The van der Waals surface area contributed by atoms with Gasteiger partial charge in [0.1, 0.15) is 0 Å². The number of hydrogen-bond acceptors (Lipinski definition) is 6. The molecule has 29 heavy (non-hydrogen) atoms. The van der Waals surface area contributed by atoms with Crippen molar-refractivity contribution in [3.05, 3.63) is 29.8 Å². The first kappa shape index (κ1) is 19.5. The van der Waals surface area contributed by atoms with Crippen LogP contribution in [0.2, 0.25) is 0 Å². The average Bonchev–Trinajstić information content (AvgIpc) is 3.41. The molecule has 2 fully saturated rings. The van der Waals surface area contributed by atoms with Crippen LogP contribution < -0.4 is 14.2 Å². The van der Waals surface area contributed by atoms with Crippen LogP contribution >= 0.6 is 0 Å². The highest BCUT2D eigenvalue weighted by Crippen LogP contribution is 2.52. The van der Waals surface area contributed by atoms with Crippen molar-refractivity contribution in [1.82, 2.24) is 5.01 Å². The number of hydrogen-bond donors (Lipinski definition) is 0. The number of ether oxygens (including phenoxy) is 3. The Morgan fingerprint density at radius 2 is 1.66 bits per heavy atom. The topological polar surface area (TPSA) is 77.4 Å². The van der Waals surface area contributed by atoms with Crippen molar-refractivity contribution in [2.75, 3.05) is 14.2 Å². The van der Waals surface area contributed by atoms with E-state index >= 15 is 0 Å². The smallest absolute Gasteiger partial charge is 0.254 e. The Hall–Kier alpha value is -2.83. The molecule has 4 rings (SSSR count). The first-order chi connectivity index (χ1) is 14.0. The summed E-state index contributed by atoms with van der Waals surface area (Å²) in [7, 11) is 3.10. The largest absolute Gasteiger partial charge is 0.493 e. The van der Waals surface area contributed by atoms with Crippen LogP contribution in [-0.4, -0.2) is 43.4 Å². The van der Waals surface area contributed by atoms with E-state index in [-0.39, 0.29) is 41.6 Å². The van der Waals surface area contributed by atoms with Crippen molar-refractivity contribution in [2.24, 2.45) is 28.8 Å². The number of rotatable bonds is 7. The second-order valence-corrected chi connectivity index (χ2v) is 7.82. The molecular weight excluding hydrogens is 372 g/mol. The molecule has 154 valence electrons. The quantitative estimate of drug-likeness (QED) is 0.401. The number of benzene rings is 1. The second kappa shape index (κ2) is 7.54.